The SMILES string of the molecule is CSc1ccccc1C(=O)c1ccc2c(c1)C(=O)NC2=O. The molecule has 0 unspecified atom stereocenters. The largest absolute Gasteiger partial charge is 0.289 e. The van der Waals surface area contributed by atoms with Gasteiger partial charge in [0, 0.05) is 16.0 Å². The van der Waals surface area contributed by atoms with Crippen LogP contribution in [0.25, 0.3) is 0 Å². The quantitative estimate of drug-likeness (QED) is 0.537. The Bertz CT molecular complexity index is 783. The summed E-state index contributed by atoms with van der Waals surface area (Å²) in [5, 5.41) is 2.22. The number of carbonyl (C=O) groups is 3. The van der Waals surface area contributed by atoms with Gasteiger partial charge in [-0.1, -0.05) is 18.2 Å². The summed E-state index contributed by atoms with van der Waals surface area (Å²) in [4.78, 5) is 36.6. The number of amides is 2. The van der Waals surface area contributed by atoms with E-state index in [4.69, 9.17) is 0 Å². The van der Waals surface area contributed by atoms with E-state index in [1.54, 1.807) is 18.2 Å². The molecule has 2 aromatic rings. The van der Waals surface area contributed by atoms with Gasteiger partial charge in [-0.25, -0.2) is 0 Å². The number of carbonyl (C=O) groups excluding carboxylic acids is 3. The molecule has 1 heterocycles. The van der Waals surface area contributed by atoms with Crippen molar-refractivity contribution in [2.45, 2.75) is 4.90 Å². The molecule has 0 saturated heterocycles. The zero-order chi connectivity index (χ0) is 15.0. The van der Waals surface area contributed by atoms with Gasteiger partial charge in [0.25, 0.3) is 11.8 Å². The fourth-order valence-electron chi connectivity index (χ4n) is 2.30. The molecule has 4 nitrogen and oxygen atoms in total. The predicted molar refractivity (Wildman–Crippen MR) is 79.9 cm³/mol. The molecule has 0 radical (unpaired) electrons. The van der Waals surface area contributed by atoms with Crippen molar-refractivity contribution < 1.29 is 14.4 Å². The van der Waals surface area contributed by atoms with Gasteiger partial charge < -0.3 is 0 Å². The van der Waals surface area contributed by atoms with Crippen LogP contribution < -0.4 is 5.32 Å². The molecule has 104 valence electrons. The molecule has 1 aliphatic rings. The summed E-state index contributed by atoms with van der Waals surface area (Å²) in [7, 11) is 0. The molecule has 0 atom stereocenters. The number of fused-ring (bicyclic) bond motifs is 1. The van der Waals surface area contributed by atoms with Crippen LogP contribution in [0.5, 0.6) is 0 Å². The van der Waals surface area contributed by atoms with Crippen molar-refractivity contribution in [1.82, 2.24) is 5.32 Å². The first-order valence-electron chi connectivity index (χ1n) is 6.29. The van der Waals surface area contributed by atoms with E-state index >= 15 is 0 Å². The van der Waals surface area contributed by atoms with Crippen molar-refractivity contribution in [3.05, 3.63) is 64.7 Å². The van der Waals surface area contributed by atoms with Crippen LogP contribution >= 0.6 is 11.8 Å². The van der Waals surface area contributed by atoms with Gasteiger partial charge in [0.05, 0.1) is 11.1 Å². The van der Waals surface area contributed by atoms with Gasteiger partial charge >= 0.3 is 0 Å². The Balaban J connectivity index is 2.06. The number of benzene rings is 2. The average molecular weight is 297 g/mol. The molecule has 0 saturated carbocycles. The minimum Gasteiger partial charge on any atom is -0.289 e. The molecule has 3 rings (SSSR count). The molecular weight excluding hydrogens is 286 g/mol. The molecule has 2 aromatic carbocycles. The summed E-state index contributed by atoms with van der Waals surface area (Å²) < 4.78 is 0. The molecule has 0 spiro atoms. The maximum absolute atomic E-state index is 12.6. The molecule has 0 aromatic heterocycles. The van der Waals surface area contributed by atoms with E-state index in [2.05, 4.69) is 5.32 Å². The molecule has 1 N–H and O–H groups in total. The fourth-order valence-corrected chi connectivity index (χ4v) is 2.89. The number of hydrogen-bond acceptors (Lipinski definition) is 4. The predicted octanol–water partition coefficient (Wildman–Crippen LogP) is 2.52. The number of thioether (sulfide) groups is 1. The molecule has 0 fully saturated rings. The monoisotopic (exact) mass is 297 g/mol. The van der Waals surface area contributed by atoms with E-state index < -0.39 is 11.8 Å². The second kappa shape index (κ2) is 5.18. The summed E-state index contributed by atoms with van der Waals surface area (Å²) in [5.41, 5.74) is 1.57. The Morgan fingerprint density at radius 1 is 1.00 bits per heavy atom. The molecule has 0 aliphatic carbocycles. The van der Waals surface area contributed by atoms with E-state index in [-0.39, 0.29) is 11.3 Å². The Hall–Kier alpha value is -2.40. The van der Waals surface area contributed by atoms with Crippen LogP contribution in [0.2, 0.25) is 0 Å². The minimum absolute atomic E-state index is 0.158. The fraction of sp³-hybridized carbons (Fsp3) is 0.0625. The lowest BCUT2D eigenvalue weighted by Crippen LogP contribution is -2.19. The van der Waals surface area contributed by atoms with Crippen LogP contribution in [0.15, 0.2) is 47.4 Å². The van der Waals surface area contributed by atoms with Crippen LogP contribution in [0, 0.1) is 0 Å². The second-order valence-corrected chi connectivity index (χ2v) is 5.42. The van der Waals surface area contributed by atoms with Gasteiger partial charge in [0.15, 0.2) is 5.78 Å². The molecule has 2 amide bonds. The van der Waals surface area contributed by atoms with Crippen molar-refractivity contribution >= 4 is 29.4 Å². The third kappa shape index (κ3) is 2.25. The molecule has 0 bridgehead atoms. The Labute approximate surface area is 125 Å². The summed E-state index contributed by atoms with van der Waals surface area (Å²) in [6.07, 6.45) is 1.90. The third-order valence-electron chi connectivity index (χ3n) is 3.35. The first-order valence-corrected chi connectivity index (χ1v) is 7.51. The van der Waals surface area contributed by atoms with Gasteiger partial charge in [-0.2, -0.15) is 0 Å². The summed E-state index contributed by atoms with van der Waals surface area (Å²) in [6, 6.07) is 11.9. The molecular formula is C16H11NO3S. The third-order valence-corrected chi connectivity index (χ3v) is 4.15. The highest BCUT2D eigenvalue weighted by Gasteiger charge is 2.27. The highest BCUT2D eigenvalue weighted by atomic mass is 32.2. The van der Waals surface area contributed by atoms with Crippen LogP contribution in [0.4, 0.5) is 0 Å². The van der Waals surface area contributed by atoms with Gasteiger partial charge in [-0.15, -0.1) is 11.8 Å². The summed E-state index contributed by atoms with van der Waals surface area (Å²) in [6.45, 7) is 0. The number of hydrogen-bond donors (Lipinski definition) is 1. The number of nitrogens with one attached hydrogen (secondary N) is 1. The van der Waals surface area contributed by atoms with Crippen molar-refractivity contribution in [3.63, 3.8) is 0 Å². The van der Waals surface area contributed by atoms with Crippen LogP contribution in [0.3, 0.4) is 0 Å². The van der Waals surface area contributed by atoms with Crippen molar-refractivity contribution in [1.29, 1.82) is 0 Å². The zero-order valence-corrected chi connectivity index (χ0v) is 12.0. The van der Waals surface area contributed by atoms with Crippen LogP contribution in [0.1, 0.15) is 36.6 Å². The highest BCUT2D eigenvalue weighted by Crippen LogP contribution is 2.24. The average Bonchev–Trinajstić information content (AvgIpc) is 2.81. The summed E-state index contributed by atoms with van der Waals surface area (Å²) in [5.74, 6) is -1.03. The maximum atomic E-state index is 12.6. The van der Waals surface area contributed by atoms with E-state index in [9.17, 15) is 14.4 Å². The Morgan fingerprint density at radius 2 is 1.71 bits per heavy atom. The maximum Gasteiger partial charge on any atom is 0.258 e. The zero-order valence-electron chi connectivity index (χ0n) is 11.2. The molecule has 1 aliphatic heterocycles. The summed E-state index contributed by atoms with van der Waals surface area (Å²) >= 11 is 1.49. The van der Waals surface area contributed by atoms with Gasteiger partial charge in [-0.3, -0.25) is 19.7 Å². The first-order chi connectivity index (χ1) is 10.1. The van der Waals surface area contributed by atoms with E-state index in [1.165, 1.54) is 23.9 Å². The van der Waals surface area contributed by atoms with Crippen molar-refractivity contribution in [3.8, 4) is 0 Å². The standard InChI is InChI=1S/C16H11NO3S/c1-21-13-5-3-2-4-11(13)14(18)9-6-7-10-12(8-9)16(20)17-15(10)19/h2-8H,1H3,(H,17,19,20). The van der Waals surface area contributed by atoms with E-state index in [1.807, 2.05) is 18.4 Å². The van der Waals surface area contributed by atoms with Gasteiger partial charge in [-0.05, 0) is 30.5 Å². The number of imide groups is 1. The second-order valence-electron chi connectivity index (χ2n) is 4.57. The number of rotatable bonds is 3. The van der Waals surface area contributed by atoms with E-state index in [0.717, 1.165) is 4.90 Å². The molecule has 5 heteroatoms. The minimum atomic E-state index is -0.456. The van der Waals surface area contributed by atoms with Crippen LogP contribution in [-0.2, 0) is 0 Å². The van der Waals surface area contributed by atoms with Crippen molar-refractivity contribution in [2.75, 3.05) is 6.26 Å². The Kier molecular flexibility index (Phi) is 3.35. The lowest BCUT2D eigenvalue weighted by atomic mass is 9.99. The normalized spacial score (nSPS) is 13.0. The lowest BCUT2D eigenvalue weighted by Gasteiger charge is -2.07. The molecule has 21 heavy (non-hydrogen) atoms. The first kappa shape index (κ1) is 13.6. The van der Waals surface area contributed by atoms with Crippen molar-refractivity contribution in [2.24, 2.45) is 0 Å². The topological polar surface area (TPSA) is 63.2 Å². The Morgan fingerprint density at radius 3 is 2.48 bits per heavy atom. The lowest BCUT2D eigenvalue weighted by molar-refractivity contribution is 0.0879. The smallest absolute Gasteiger partial charge is 0.258 e. The van der Waals surface area contributed by atoms with Gasteiger partial charge in [0.1, 0.15) is 0 Å². The highest BCUT2D eigenvalue weighted by molar-refractivity contribution is 7.98. The van der Waals surface area contributed by atoms with Crippen LogP contribution in [-0.4, -0.2) is 23.9 Å². The number of ketones is 1. The van der Waals surface area contributed by atoms with E-state index in [0.29, 0.717) is 16.7 Å². The van der Waals surface area contributed by atoms with Gasteiger partial charge in [0.2, 0.25) is 0 Å².